The Morgan fingerprint density at radius 2 is 0.824 bits per heavy atom. The van der Waals surface area contributed by atoms with Gasteiger partial charge in [-0.2, -0.15) is 0 Å². The van der Waals surface area contributed by atoms with Crippen LogP contribution in [0.15, 0.2) is 12.2 Å². The molecule has 1 rings (SSSR count). The van der Waals surface area contributed by atoms with Crippen LogP contribution in [0.4, 0.5) is 0 Å². The summed E-state index contributed by atoms with van der Waals surface area (Å²) in [6.45, 7) is 11.5. The molecule has 0 radical (unpaired) electrons. The van der Waals surface area contributed by atoms with Crippen LogP contribution in [0.2, 0.25) is 0 Å². The number of ether oxygens (including phenoxy) is 8. The van der Waals surface area contributed by atoms with Crippen molar-refractivity contribution < 1.29 is 47.5 Å². The molecule has 0 aromatic rings. The minimum absolute atomic E-state index is 0.227. The summed E-state index contributed by atoms with van der Waals surface area (Å²) in [6, 6.07) is 0. The Morgan fingerprint density at radius 3 is 1.15 bits per heavy atom. The van der Waals surface area contributed by atoms with Gasteiger partial charge in [-0.3, -0.25) is 14.5 Å². The fraction of sp³-hybridized carbons (Fsp3) is 0.826. The van der Waals surface area contributed by atoms with Crippen LogP contribution in [0.1, 0.15) is 13.8 Å². The molecule has 1 aliphatic heterocycles. The standard InChI is InChI=1S/C23H41NO10/c1-21(2)34-20-19-33-18-17-32-16-15-31-14-13-30-12-11-29-10-9-28-8-7-27-6-5-24-22(25)3-4-23(24)26/h3-4,21H,5-20H2,1-2H3. The lowest BCUT2D eigenvalue weighted by Crippen LogP contribution is -2.33. The van der Waals surface area contributed by atoms with Crippen LogP contribution in [0.5, 0.6) is 0 Å². The zero-order valence-corrected chi connectivity index (χ0v) is 20.6. The van der Waals surface area contributed by atoms with E-state index in [1.807, 2.05) is 13.8 Å². The maximum Gasteiger partial charge on any atom is 0.253 e. The Kier molecular flexibility index (Phi) is 19.8. The van der Waals surface area contributed by atoms with Crippen LogP contribution < -0.4 is 0 Å². The van der Waals surface area contributed by atoms with Gasteiger partial charge in [0.25, 0.3) is 11.8 Å². The summed E-state index contributed by atoms with van der Waals surface area (Å²) < 4.78 is 43.1. The Labute approximate surface area is 202 Å². The fourth-order valence-electron chi connectivity index (χ4n) is 2.57. The third-order valence-corrected chi connectivity index (χ3v) is 4.27. The van der Waals surface area contributed by atoms with E-state index in [1.54, 1.807) is 0 Å². The van der Waals surface area contributed by atoms with Gasteiger partial charge in [-0.05, 0) is 13.8 Å². The van der Waals surface area contributed by atoms with Gasteiger partial charge >= 0.3 is 0 Å². The number of hydrogen-bond acceptors (Lipinski definition) is 10. The topological polar surface area (TPSA) is 111 Å². The Hall–Kier alpha value is -1.44. The van der Waals surface area contributed by atoms with Crippen LogP contribution >= 0.6 is 0 Å². The summed E-state index contributed by atoms with van der Waals surface area (Å²) in [7, 11) is 0. The Bertz CT molecular complexity index is 526. The van der Waals surface area contributed by atoms with Gasteiger partial charge in [0.2, 0.25) is 0 Å². The zero-order chi connectivity index (χ0) is 24.7. The lowest BCUT2D eigenvalue weighted by atomic mass is 10.5. The highest BCUT2D eigenvalue weighted by Gasteiger charge is 2.22. The number of carbonyl (C=O) groups is 2. The van der Waals surface area contributed by atoms with Gasteiger partial charge in [0.1, 0.15) is 0 Å². The molecule has 1 aliphatic rings. The van der Waals surface area contributed by atoms with Crippen molar-refractivity contribution in [1.29, 1.82) is 0 Å². The van der Waals surface area contributed by atoms with Gasteiger partial charge in [0.15, 0.2) is 0 Å². The molecule has 34 heavy (non-hydrogen) atoms. The van der Waals surface area contributed by atoms with E-state index < -0.39 is 0 Å². The summed E-state index contributed by atoms with van der Waals surface area (Å²) in [4.78, 5) is 23.8. The van der Waals surface area contributed by atoms with Crippen molar-refractivity contribution >= 4 is 11.8 Å². The molecule has 0 atom stereocenters. The molecule has 0 bridgehead atoms. The second-order valence-electron chi connectivity index (χ2n) is 7.37. The highest BCUT2D eigenvalue weighted by atomic mass is 16.6. The molecular weight excluding hydrogens is 450 g/mol. The van der Waals surface area contributed by atoms with Crippen molar-refractivity contribution in [3.63, 3.8) is 0 Å². The molecule has 11 nitrogen and oxygen atoms in total. The van der Waals surface area contributed by atoms with E-state index in [2.05, 4.69) is 0 Å². The van der Waals surface area contributed by atoms with Crippen molar-refractivity contribution in [3.8, 4) is 0 Å². The molecule has 0 saturated carbocycles. The third kappa shape index (κ3) is 18.0. The van der Waals surface area contributed by atoms with Crippen LogP contribution in [0, 0.1) is 0 Å². The van der Waals surface area contributed by atoms with Gasteiger partial charge in [0.05, 0.1) is 112 Å². The van der Waals surface area contributed by atoms with Crippen molar-refractivity contribution in [3.05, 3.63) is 12.2 Å². The molecule has 11 heteroatoms. The summed E-state index contributed by atoms with van der Waals surface area (Å²) in [5, 5.41) is 0. The van der Waals surface area contributed by atoms with E-state index in [1.165, 1.54) is 12.2 Å². The molecule has 1 heterocycles. The SMILES string of the molecule is CC(C)OCCOCCOCCOCCOCCOCCOCCOCCN1C(=O)C=CC1=O. The third-order valence-electron chi connectivity index (χ3n) is 4.27. The fourth-order valence-corrected chi connectivity index (χ4v) is 2.57. The summed E-state index contributed by atoms with van der Waals surface area (Å²) in [5.74, 6) is -0.602. The molecule has 0 saturated heterocycles. The molecule has 0 fully saturated rings. The number of nitrogens with zero attached hydrogens (tertiary/aromatic N) is 1. The first-order valence-electron chi connectivity index (χ1n) is 11.8. The van der Waals surface area contributed by atoms with Crippen LogP contribution in [0.3, 0.4) is 0 Å². The number of amides is 2. The van der Waals surface area contributed by atoms with E-state index in [-0.39, 0.29) is 31.1 Å². The molecule has 0 aromatic carbocycles. The Morgan fingerprint density at radius 1 is 0.529 bits per heavy atom. The van der Waals surface area contributed by atoms with Gasteiger partial charge in [-0.15, -0.1) is 0 Å². The molecule has 0 spiro atoms. The number of hydrogen-bond donors (Lipinski definition) is 0. The van der Waals surface area contributed by atoms with Gasteiger partial charge in [-0.1, -0.05) is 0 Å². The lowest BCUT2D eigenvalue weighted by molar-refractivity contribution is -0.137. The van der Waals surface area contributed by atoms with Gasteiger partial charge in [0, 0.05) is 12.2 Å². The van der Waals surface area contributed by atoms with E-state index in [0.717, 1.165) is 4.90 Å². The molecule has 2 amide bonds. The number of rotatable bonds is 25. The van der Waals surface area contributed by atoms with E-state index in [0.29, 0.717) is 92.5 Å². The monoisotopic (exact) mass is 491 g/mol. The van der Waals surface area contributed by atoms with E-state index >= 15 is 0 Å². The second kappa shape index (κ2) is 22.1. The maximum absolute atomic E-state index is 11.4. The zero-order valence-electron chi connectivity index (χ0n) is 20.6. The van der Waals surface area contributed by atoms with Crippen LogP contribution in [-0.4, -0.2) is 128 Å². The maximum atomic E-state index is 11.4. The first kappa shape index (κ1) is 30.6. The van der Waals surface area contributed by atoms with Crippen molar-refractivity contribution in [2.24, 2.45) is 0 Å². The van der Waals surface area contributed by atoms with Crippen molar-refractivity contribution in [2.75, 3.05) is 106 Å². The molecular formula is C23H41NO10. The van der Waals surface area contributed by atoms with Crippen LogP contribution in [0.25, 0.3) is 0 Å². The molecule has 0 aliphatic carbocycles. The van der Waals surface area contributed by atoms with Crippen LogP contribution in [-0.2, 0) is 47.5 Å². The molecule has 0 aromatic heterocycles. The quantitative estimate of drug-likeness (QED) is 0.132. The van der Waals surface area contributed by atoms with E-state index in [4.69, 9.17) is 37.9 Å². The van der Waals surface area contributed by atoms with E-state index in [9.17, 15) is 9.59 Å². The lowest BCUT2D eigenvalue weighted by Gasteiger charge is -2.13. The molecule has 0 unspecified atom stereocenters. The molecule has 0 N–H and O–H groups in total. The average Bonchev–Trinajstić information content (AvgIpc) is 3.13. The smallest absolute Gasteiger partial charge is 0.253 e. The summed E-state index contributed by atoms with van der Waals surface area (Å²) in [5.41, 5.74) is 0. The van der Waals surface area contributed by atoms with Crippen molar-refractivity contribution in [1.82, 2.24) is 4.90 Å². The minimum atomic E-state index is -0.301. The number of imide groups is 1. The van der Waals surface area contributed by atoms with Gasteiger partial charge in [-0.25, -0.2) is 0 Å². The minimum Gasteiger partial charge on any atom is -0.377 e. The summed E-state index contributed by atoms with van der Waals surface area (Å²) >= 11 is 0. The highest BCUT2D eigenvalue weighted by Crippen LogP contribution is 2.02. The largest absolute Gasteiger partial charge is 0.377 e. The first-order chi connectivity index (χ1) is 16.6. The van der Waals surface area contributed by atoms with Gasteiger partial charge < -0.3 is 37.9 Å². The molecule has 198 valence electrons. The second-order valence-corrected chi connectivity index (χ2v) is 7.37. The number of carbonyl (C=O) groups excluding carboxylic acids is 2. The first-order valence-corrected chi connectivity index (χ1v) is 11.8. The highest BCUT2D eigenvalue weighted by molar-refractivity contribution is 6.12. The van der Waals surface area contributed by atoms with Crippen molar-refractivity contribution in [2.45, 2.75) is 20.0 Å². The predicted octanol–water partition coefficient (Wildman–Crippen LogP) is 0.453. The predicted molar refractivity (Wildman–Crippen MR) is 123 cm³/mol. The summed E-state index contributed by atoms with van der Waals surface area (Å²) in [6.07, 6.45) is 2.74. The average molecular weight is 492 g/mol. The Balaban J connectivity index is 1.66. The normalized spacial score (nSPS) is 13.7.